The molecule has 0 aromatic heterocycles. The topological polar surface area (TPSA) is 49.4 Å². The van der Waals surface area contributed by atoms with Gasteiger partial charge in [-0.15, -0.1) is 0 Å². The lowest BCUT2D eigenvalue weighted by Crippen LogP contribution is -2.41. The summed E-state index contributed by atoms with van der Waals surface area (Å²) in [6.07, 6.45) is 1.98. The first-order chi connectivity index (χ1) is 8.16. The lowest BCUT2D eigenvalue weighted by atomic mass is 10.2. The first-order valence-electron chi connectivity index (χ1n) is 5.76. The second-order valence-electron chi connectivity index (χ2n) is 4.39. The van der Waals surface area contributed by atoms with Gasteiger partial charge in [-0.05, 0) is 18.4 Å². The van der Waals surface area contributed by atoms with E-state index in [4.69, 9.17) is 0 Å². The lowest BCUT2D eigenvalue weighted by Gasteiger charge is -2.16. The normalized spacial score (nSPS) is 14.2. The Morgan fingerprint density at radius 1 is 1.29 bits per heavy atom. The smallest absolute Gasteiger partial charge is 0.311 e. The molecule has 0 saturated heterocycles. The number of hydrogen-bond donors (Lipinski definition) is 1. The first-order valence-corrected chi connectivity index (χ1v) is 5.76. The summed E-state index contributed by atoms with van der Waals surface area (Å²) in [6, 6.07) is 9.84. The van der Waals surface area contributed by atoms with Crippen molar-refractivity contribution in [1.82, 2.24) is 10.2 Å². The van der Waals surface area contributed by atoms with Crippen LogP contribution in [0.15, 0.2) is 30.3 Å². The lowest BCUT2D eigenvalue weighted by molar-refractivity contribution is -0.145. The summed E-state index contributed by atoms with van der Waals surface area (Å²) in [5.41, 5.74) is 1.02. The van der Waals surface area contributed by atoms with Crippen LogP contribution >= 0.6 is 0 Å². The van der Waals surface area contributed by atoms with Crippen molar-refractivity contribution in [2.75, 3.05) is 7.05 Å². The predicted octanol–water partition coefficient (Wildman–Crippen LogP) is 0.924. The highest BCUT2D eigenvalue weighted by Crippen LogP contribution is 2.18. The monoisotopic (exact) mass is 232 g/mol. The summed E-state index contributed by atoms with van der Waals surface area (Å²) in [5.74, 6) is -0.966. The van der Waals surface area contributed by atoms with E-state index in [0.29, 0.717) is 6.54 Å². The van der Waals surface area contributed by atoms with Crippen LogP contribution in [0, 0.1) is 0 Å². The van der Waals surface area contributed by atoms with Gasteiger partial charge in [0.1, 0.15) is 0 Å². The number of nitrogens with zero attached hydrogens (tertiary/aromatic N) is 1. The fourth-order valence-corrected chi connectivity index (χ4v) is 1.58. The van der Waals surface area contributed by atoms with Gasteiger partial charge >= 0.3 is 11.8 Å². The van der Waals surface area contributed by atoms with E-state index >= 15 is 0 Å². The van der Waals surface area contributed by atoms with E-state index in [1.54, 1.807) is 7.05 Å². The van der Waals surface area contributed by atoms with Gasteiger partial charge in [-0.1, -0.05) is 30.3 Å². The average Bonchev–Trinajstić information content (AvgIpc) is 3.13. The number of nitrogens with one attached hydrogen (secondary N) is 1. The fourth-order valence-electron chi connectivity index (χ4n) is 1.58. The van der Waals surface area contributed by atoms with E-state index in [9.17, 15) is 9.59 Å². The van der Waals surface area contributed by atoms with Crippen LogP contribution in [0.2, 0.25) is 0 Å². The fraction of sp³-hybridized carbons (Fsp3) is 0.385. The number of hydrogen-bond acceptors (Lipinski definition) is 2. The van der Waals surface area contributed by atoms with Gasteiger partial charge in [-0.3, -0.25) is 9.59 Å². The molecule has 17 heavy (non-hydrogen) atoms. The van der Waals surface area contributed by atoms with E-state index in [1.807, 2.05) is 30.3 Å². The van der Waals surface area contributed by atoms with E-state index in [-0.39, 0.29) is 6.04 Å². The van der Waals surface area contributed by atoms with E-state index < -0.39 is 11.8 Å². The number of rotatable bonds is 3. The number of carbonyl (C=O) groups is 2. The molecule has 1 aromatic rings. The van der Waals surface area contributed by atoms with E-state index in [0.717, 1.165) is 18.4 Å². The average molecular weight is 232 g/mol. The maximum absolute atomic E-state index is 11.7. The highest BCUT2D eigenvalue weighted by atomic mass is 16.2. The molecule has 4 heteroatoms. The highest BCUT2D eigenvalue weighted by molar-refractivity contribution is 6.35. The molecule has 1 N–H and O–H groups in total. The maximum Gasteiger partial charge on any atom is 0.311 e. The number of likely N-dealkylation sites (N-methyl/N-ethyl adjacent to an activating group) is 1. The molecule has 1 aliphatic rings. The van der Waals surface area contributed by atoms with Gasteiger partial charge in [0.15, 0.2) is 0 Å². The zero-order valence-electron chi connectivity index (χ0n) is 9.85. The quantitative estimate of drug-likeness (QED) is 0.788. The second kappa shape index (κ2) is 4.99. The predicted molar refractivity (Wildman–Crippen MR) is 64.1 cm³/mol. The number of amides is 2. The van der Waals surface area contributed by atoms with Crippen LogP contribution in [-0.4, -0.2) is 29.8 Å². The van der Waals surface area contributed by atoms with Gasteiger partial charge in [0, 0.05) is 19.6 Å². The van der Waals surface area contributed by atoms with Crippen LogP contribution in [0.1, 0.15) is 18.4 Å². The zero-order valence-corrected chi connectivity index (χ0v) is 9.85. The second-order valence-corrected chi connectivity index (χ2v) is 4.39. The zero-order chi connectivity index (χ0) is 12.3. The van der Waals surface area contributed by atoms with Crippen molar-refractivity contribution in [2.45, 2.75) is 25.4 Å². The molecule has 90 valence electrons. The van der Waals surface area contributed by atoms with Crippen LogP contribution in [0.5, 0.6) is 0 Å². The third-order valence-corrected chi connectivity index (χ3v) is 2.72. The molecule has 1 aliphatic carbocycles. The molecule has 0 heterocycles. The molecule has 0 bridgehead atoms. The third kappa shape index (κ3) is 3.31. The van der Waals surface area contributed by atoms with Gasteiger partial charge in [-0.2, -0.15) is 0 Å². The Kier molecular flexibility index (Phi) is 3.42. The molecule has 1 saturated carbocycles. The molecular weight excluding hydrogens is 216 g/mol. The Morgan fingerprint density at radius 2 is 1.94 bits per heavy atom. The Morgan fingerprint density at radius 3 is 2.53 bits per heavy atom. The van der Waals surface area contributed by atoms with Crippen LogP contribution in [-0.2, 0) is 16.1 Å². The van der Waals surface area contributed by atoms with Gasteiger partial charge in [-0.25, -0.2) is 0 Å². The Hall–Kier alpha value is -1.84. The van der Waals surface area contributed by atoms with Crippen molar-refractivity contribution < 1.29 is 9.59 Å². The molecule has 4 nitrogen and oxygen atoms in total. The van der Waals surface area contributed by atoms with E-state index in [2.05, 4.69) is 5.32 Å². The van der Waals surface area contributed by atoms with Crippen LogP contribution < -0.4 is 5.32 Å². The molecule has 1 fully saturated rings. The molecule has 0 radical (unpaired) electrons. The number of benzene rings is 1. The number of carbonyl (C=O) groups excluding carboxylic acids is 2. The highest BCUT2D eigenvalue weighted by Gasteiger charge is 2.27. The van der Waals surface area contributed by atoms with Gasteiger partial charge in [0.05, 0.1) is 0 Å². The molecule has 0 spiro atoms. The molecule has 2 amide bonds. The summed E-state index contributed by atoms with van der Waals surface area (Å²) in [6.45, 7) is 0.456. The Balaban J connectivity index is 1.88. The molecule has 0 aliphatic heterocycles. The van der Waals surface area contributed by atoms with Crippen molar-refractivity contribution in [2.24, 2.45) is 0 Å². The molecular formula is C13H16N2O2. The van der Waals surface area contributed by atoms with Crippen LogP contribution in [0.4, 0.5) is 0 Å². The van der Waals surface area contributed by atoms with Crippen molar-refractivity contribution in [3.8, 4) is 0 Å². The maximum atomic E-state index is 11.7. The van der Waals surface area contributed by atoms with Gasteiger partial charge in [0.2, 0.25) is 0 Å². The SMILES string of the molecule is CN(Cc1ccccc1)C(=O)C(=O)NC1CC1. The summed E-state index contributed by atoms with van der Waals surface area (Å²) < 4.78 is 0. The van der Waals surface area contributed by atoms with E-state index in [1.165, 1.54) is 4.90 Å². The summed E-state index contributed by atoms with van der Waals surface area (Å²) in [4.78, 5) is 24.7. The molecule has 1 aromatic carbocycles. The minimum atomic E-state index is -0.495. The Bertz CT molecular complexity index is 413. The Labute approximate surface area is 101 Å². The summed E-state index contributed by atoms with van der Waals surface area (Å²) in [7, 11) is 1.64. The minimum Gasteiger partial charge on any atom is -0.345 e. The van der Waals surface area contributed by atoms with Gasteiger partial charge < -0.3 is 10.2 Å². The molecule has 2 rings (SSSR count). The van der Waals surface area contributed by atoms with Crippen molar-refractivity contribution in [3.05, 3.63) is 35.9 Å². The molecule has 0 unspecified atom stereocenters. The summed E-state index contributed by atoms with van der Waals surface area (Å²) >= 11 is 0. The van der Waals surface area contributed by atoms with Gasteiger partial charge in [0.25, 0.3) is 0 Å². The molecule has 0 atom stereocenters. The van der Waals surface area contributed by atoms with Crippen LogP contribution in [0.25, 0.3) is 0 Å². The van der Waals surface area contributed by atoms with Crippen molar-refractivity contribution in [1.29, 1.82) is 0 Å². The summed E-state index contributed by atoms with van der Waals surface area (Å²) in [5, 5.41) is 2.69. The van der Waals surface area contributed by atoms with Crippen molar-refractivity contribution >= 4 is 11.8 Å². The minimum absolute atomic E-state index is 0.219. The van der Waals surface area contributed by atoms with Crippen molar-refractivity contribution in [3.63, 3.8) is 0 Å². The third-order valence-electron chi connectivity index (χ3n) is 2.72. The standard InChI is InChI=1S/C13H16N2O2/c1-15(9-10-5-3-2-4-6-10)13(17)12(16)14-11-7-8-11/h2-6,11H,7-9H2,1H3,(H,14,16). The van der Waals surface area contributed by atoms with Crippen LogP contribution in [0.3, 0.4) is 0 Å². The first kappa shape index (κ1) is 11.6. The largest absolute Gasteiger partial charge is 0.345 e.